The lowest BCUT2D eigenvalue weighted by molar-refractivity contribution is 0.376. The van der Waals surface area contributed by atoms with E-state index in [4.69, 9.17) is 0 Å². The van der Waals surface area contributed by atoms with Gasteiger partial charge < -0.3 is 10.2 Å². The maximum atomic E-state index is 12.5. The largest absolute Gasteiger partial charge is 0.371 e. The van der Waals surface area contributed by atoms with Crippen molar-refractivity contribution in [3.05, 3.63) is 71.2 Å². The third-order valence-electron chi connectivity index (χ3n) is 5.54. The van der Waals surface area contributed by atoms with E-state index in [1.54, 1.807) is 41.7 Å². The molecule has 2 aromatic carbocycles. The predicted octanol–water partition coefficient (Wildman–Crippen LogP) is 4.13. The first kappa shape index (κ1) is 21.8. The van der Waals surface area contributed by atoms with Crippen LogP contribution in [0.3, 0.4) is 0 Å². The standard InChI is InChI=1S/C23H28N4O2S2/c1-18(15-22-16-24-17-30-22)25-19-11-13-27(14-12-19)21-9-7-20(8-10-21)26-31(28,29)23-5-3-2-4-6-23/h2-10,16-19,25-26H,11-15H2,1H3/t18-/m1/s1. The van der Waals surface area contributed by atoms with Crippen LogP contribution >= 0.6 is 11.3 Å². The molecule has 3 aromatic rings. The summed E-state index contributed by atoms with van der Waals surface area (Å²) in [6.45, 7) is 4.21. The zero-order valence-corrected chi connectivity index (χ0v) is 19.2. The highest BCUT2D eigenvalue weighted by Gasteiger charge is 2.21. The number of nitrogens with zero attached hydrogens (tertiary/aromatic N) is 2. The van der Waals surface area contributed by atoms with E-state index in [9.17, 15) is 8.42 Å². The maximum Gasteiger partial charge on any atom is 0.261 e. The molecule has 0 bridgehead atoms. The van der Waals surface area contributed by atoms with Crippen molar-refractivity contribution >= 4 is 32.7 Å². The fourth-order valence-corrected chi connectivity index (χ4v) is 5.77. The van der Waals surface area contributed by atoms with E-state index in [1.807, 2.05) is 36.0 Å². The molecule has 0 spiro atoms. The fourth-order valence-electron chi connectivity index (χ4n) is 3.96. The number of benzene rings is 2. The quantitative estimate of drug-likeness (QED) is 0.533. The summed E-state index contributed by atoms with van der Waals surface area (Å²) in [4.78, 5) is 8.10. The first-order valence-electron chi connectivity index (χ1n) is 10.6. The monoisotopic (exact) mass is 456 g/mol. The molecule has 1 aliphatic rings. The summed E-state index contributed by atoms with van der Waals surface area (Å²) in [6.07, 6.45) is 5.16. The van der Waals surface area contributed by atoms with Crippen LogP contribution in [0, 0.1) is 0 Å². The summed E-state index contributed by atoms with van der Waals surface area (Å²) < 4.78 is 27.6. The average molecular weight is 457 g/mol. The molecule has 1 saturated heterocycles. The normalized spacial score (nSPS) is 16.2. The minimum atomic E-state index is -3.56. The van der Waals surface area contributed by atoms with Gasteiger partial charge in [-0.05, 0) is 62.6 Å². The number of hydrogen-bond acceptors (Lipinski definition) is 6. The molecule has 0 aliphatic carbocycles. The van der Waals surface area contributed by atoms with Crippen LogP contribution in [-0.2, 0) is 16.4 Å². The summed E-state index contributed by atoms with van der Waals surface area (Å²) >= 11 is 1.71. The van der Waals surface area contributed by atoms with Crippen LogP contribution in [0.1, 0.15) is 24.6 Å². The summed E-state index contributed by atoms with van der Waals surface area (Å²) in [6, 6.07) is 17.0. The van der Waals surface area contributed by atoms with Gasteiger partial charge in [0.2, 0.25) is 0 Å². The molecule has 0 radical (unpaired) electrons. The first-order chi connectivity index (χ1) is 15.0. The van der Waals surface area contributed by atoms with Gasteiger partial charge in [0.1, 0.15) is 0 Å². The van der Waals surface area contributed by atoms with E-state index < -0.39 is 10.0 Å². The lowest BCUT2D eigenvalue weighted by Crippen LogP contribution is -2.46. The first-order valence-corrected chi connectivity index (χ1v) is 12.9. The van der Waals surface area contributed by atoms with Crippen LogP contribution in [0.15, 0.2) is 71.2 Å². The lowest BCUT2D eigenvalue weighted by Gasteiger charge is -2.35. The molecule has 0 unspecified atom stereocenters. The molecular formula is C23H28N4O2S2. The van der Waals surface area contributed by atoms with E-state index in [2.05, 4.69) is 26.8 Å². The number of hydrogen-bond donors (Lipinski definition) is 2. The van der Waals surface area contributed by atoms with Gasteiger partial charge in [0.05, 0.1) is 10.4 Å². The Morgan fingerprint density at radius 3 is 2.45 bits per heavy atom. The molecule has 2 heterocycles. The Morgan fingerprint density at radius 2 is 1.81 bits per heavy atom. The second kappa shape index (κ2) is 9.80. The molecule has 1 aliphatic heterocycles. The van der Waals surface area contributed by atoms with Crippen molar-refractivity contribution < 1.29 is 8.42 Å². The molecule has 31 heavy (non-hydrogen) atoms. The number of rotatable bonds is 8. The Morgan fingerprint density at radius 1 is 1.10 bits per heavy atom. The minimum absolute atomic E-state index is 0.262. The van der Waals surface area contributed by atoms with Gasteiger partial charge in [-0.1, -0.05) is 18.2 Å². The number of thiazole rings is 1. The van der Waals surface area contributed by atoms with E-state index in [0.717, 1.165) is 38.0 Å². The van der Waals surface area contributed by atoms with Crippen LogP contribution in [0.4, 0.5) is 11.4 Å². The molecule has 0 amide bonds. The highest BCUT2D eigenvalue weighted by Crippen LogP contribution is 2.24. The molecular weight excluding hydrogens is 428 g/mol. The Bertz CT molecular complexity index is 1050. The Hall–Kier alpha value is -2.42. The van der Waals surface area contributed by atoms with E-state index in [1.165, 1.54) is 4.88 Å². The zero-order valence-electron chi connectivity index (χ0n) is 17.6. The van der Waals surface area contributed by atoms with Gasteiger partial charge in [-0.15, -0.1) is 11.3 Å². The smallest absolute Gasteiger partial charge is 0.261 e. The third-order valence-corrected chi connectivity index (χ3v) is 7.74. The van der Waals surface area contributed by atoms with Crippen molar-refractivity contribution in [2.45, 2.75) is 43.2 Å². The van der Waals surface area contributed by atoms with Crippen LogP contribution in [0.5, 0.6) is 0 Å². The highest BCUT2D eigenvalue weighted by molar-refractivity contribution is 7.92. The van der Waals surface area contributed by atoms with Crippen LogP contribution in [0.2, 0.25) is 0 Å². The van der Waals surface area contributed by atoms with Crippen molar-refractivity contribution in [3.8, 4) is 0 Å². The molecule has 2 N–H and O–H groups in total. The molecule has 8 heteroatoms. The van der Waals surface area contributed by atoms with Crippen molar-refractivity contribution in [1.29, 1.82) is 0 Å². The van der Waals surface area contributed by atoms with Crippen molar-refractivity contribution in [3.63, 3.8) is 0 Å². The van der Waals surface area contributed by atoms with Crippen molar-refractivity contribution in [1.82, 2.24) is 10.3 Å². The van der Waals surface area contributed by atoms with E-state index >= 15 is 0 Å². The third kappa shape index (κ3) is 5.84. The Labute approximate surface area is 188 Å². The molecule has 0 saturated carbocycles. The van der Waals surface area contributed by atoms with Gasteiger partial charge in [0, 0.05) is 47.6 Å². The second-order valence-electron chi connectivity index (χ2n) is 7.97. The number of aromatic nitrogens is 1. The predicted molar refractivity (Wildman–Crippen MR) is 127 cm³/mol. The summed E-state index contributed by atoms with van der Waals surface area (Å²) in [5.41, 5.74) is 3.58. The van der Waals surface area contributed by atoms with Crippen LogP contribution < -0.4 is 14.9 Å². The summed E-state index contributed by atoms with van der Waals surface area (Å²) in [7, 11) is -3.56. The molecule has 1 atom stereocenters. The van der Waals surface area contributed by atoms with Gasteiger partial charge in [-0.2, -0.15) is 0 Å². The molecule has 4 rings (SSSR count). The van der Waals surface area contributed by atoms with Crippen molar-refractivity contribution in [2.75, 3.05) is 22.7 Å². The molecule has 1 fully saturated rings. The van der Waals surface area contributed by atoms with Gasteiger partial charge in [-0.3, -0.25) is 9.71 Å². The minimum Gasteiger partial charge on any atom is -0.371 e. The van der Waals surface area contributed by atoms with Crippen LogP contribution in [-0.4, -0.2) is 38.6 Å². The molecule has 6 nitrogen and oxygen atoms in total. The van der Waals surface area contributed by atoms with Gasteiger partial charge in [0.25, 0.3) is 10.0 Å². The summed E-state index contributed by atoms with van der Waals surface area (Å²) in [5, 5.41) is 3.76. The van der Waals surface area contributed by atoms with Gasteiger partial charge in [-0.25, -0.2) is 8.42 Å². The fraction of sp³-hybridized carbons (Fsp3) is 0.348. The number of anilines is 2. The molecule has 1 aromatic heterocycles. The molecule has 164 valence electrons. The van der Waals surface area contributed by atoms with Gasteiger partial charge >= 0.3 is 0 Å². The van der Waals surface area contributed by atoms with Crippen molar-refractivity contribution in [2.24, 2.45) is 0 Å². The topological polar surface area (TPSA) is 74.3 Å². The lowest BCUT2D eigenvalue weighted by atomic mass is 10.0. The van der Waals surface area contributed by atoms with E-state index in [-0.39, 0.29) is 4.90 Å². The van der Waals surface area contributed by atoms with Crippen LogP contribution in [0.25, 0.3) is 0 Å². The zero-order chi connectivity index (χ0) is 21.7. The number of nitrogens with one attached hydrogen (secondary N) is 2. The second-order valence-corrected chi connectivity index (χ2v) is 10.6. The Balaban J connectivity index is 1.28. The number of piperidine rings is 1. The van der Waals surface area contributed by atoms with Gasteiger partial charge in [0.15, 0.2) is 0 Å². The number of sulfonamides is 1. The SMILES string of the molecule is C[C@H](Cc1cncs1)NC1CCN(c2ccc(NS(=O)(=O)c3ccccc3)cc2)CC1. The maximum absolute atomic E-state index is 12.5. The summed E-state index contributed by atoms with van der Waals surface area (Å²) in [5.74, 6) is 0. The average Bonchev–Trinajstić information content (AvgIpc) is 3.28. The Kier molecular flexibility index (Phi) is 6.89. The highest BCUT2D eigenvalue weighted by atomic mass is 32.2. The van der Waals surface area contributed by atoms with E-state index in [0.29, 0.717) is 17.8 Å².